The number of rotatable bonds is 2. The van der Waals surface area contributed by atoms with Gasteiger partial charge in [-0.3, -0.25) is 0 Å². The molecule has 0 saturated heterocycles. The summed E-state index contributed by atoms with van der Waals surface area (Å²) in [7, 11) is -3.83. The zero-order valence-corrected chi connectivity index (χ0v) is 12.3. The number of phenolic OH excluding ortho intramolecular Hbond substituents is 2. The van der Waals surface area contributed by atoms with Gasteiger partial charge in [0.1, 0.15) is 16.4 Å². The van der Waals surface area contributed by atoms with Gasteiger partial charge in [-0.15, -0.1) is 0 Å². The lowest BCUT2D eigenvalue weighted by atomic mass is 10.1. The number of phenols is 2. The highest BCUT2D eigenvalue weighted by Gasteiger charge is 2.26. The molecule has 0 radical (unpaired) electrons. The fourth-order valence-corrected chi connectivity index (χ4v) is 4.03. The molecule has 2 aromatic rings. The first kappa shape index (κ1) is 14.4. The Hall–Kier alpha value is -2.01. The molecule has 0 heterocycles. The Bertz CT molecular complexity index is 756. The van der Waals surface area contributed by atoms with E-state index in [1.54, 1.807) is 32.9 Å². The van der Waals surface area contributed by atoms with Crippen LogP contribution in [0.3, 0.4) is 0 Å². The van der Waals surface area contributed by atoms with E-state index in [2.05, 4.69) is 0 Å². The van der Waals surface area contributed by atoms with Crippen LogP contribution >= 0.6 is 0 Å². The molecule has 0 bridgehead atoms. The fraction of sp³-hybridized carbons (Fsp3) is 0.200. The third-order valence-electron chi connectivity index (χ3n) is 3.24. The van der Waals surface area contributed by atoms with Crippen LogP contribution in [0, 0.1) is 20.8 Å². The SMILES string of the molecule is Cc1cc(S(=O)(=O)c2c(C)cccc2O)c(C)cc1O. The Balaban J connectivity index is 2.77. The molecule has 0 aliphatic rings. The van der Waals surface area contributed by atoms with Crippen molar-refractivity contribution in [3.63, 3.8) is 0 Å². The van der Waals surface area contributed by atoms with E-state index in [1.165, 1.54) is 18.2 Å². The second-order valence-electron chi connectivity index (χ2n) is 4.83. The Morgan fingerprint density at radius 3 is 2.10 bits per heavy atom. The average Bonchev–Trinajstić information content (AvgIpc) is 2.33. The zero-order chi connectivity index (χ0) is 15.1. The Morgan fingerprint density at radius 2 is 1.50 bits per heavy atom. The molecule has 4 nitrogen and oxygen atoms in total. The maximum absolute atomic E-state index is 12.7. The smallest absolute Gasteiger partial charge is 0.210 e. The van der Waals surface area contributed by atoms with Crippen LogP contribution in [0.15, 0.2) is 40.1 Å². The van der Waals surface area contributed by atoms with E-state index in [4.69, 9.17) is 0 Å². The maximum atomic E-state index is 12.7. The summed E-state index contributed by atoms with van der Waals surface area (Å²) in [5.41, 5.74) is 1.40. The summed E-state index contributed by atoms with van der Waals surface area (Å²) in [6, 6.07) is 7.42. The lowest BCUT2D eigenvalue weighted by Gasteiger charge is -2.13. The molecule has 0 aliphatic carbocycles. The topological polar surface area (TPSA) is 74.6 Å². The molecule has 2 aromatic carbocycles. The molecule has 0 unspecified atom stereocenters. The third kappa shape index (κ3) is 2.25. The van der Waals surface area contributed by atoms with Crippen LogP contribution in [0.4, 0.5) is 0 Å². The first-order valence-electron chi connectivity index (χ1n) is 6.09. The molecule has 2 rings (SSSR count). The average molecular weight is 292 g/mol. The van der Waals surface area contributed by atoms with Gasteiger partial charge in [0.05, 0.1) is 4.90 Å². The van der Waals surface area contributed by atoms with E-state index in [1.807, 2.05) is 0 Å². The van der Waals surface area contributed by atoms with Crippen LogP contribution in [0.5, 0.6) is 11.5 Å². The summed E-state index contributed by atoms with van der Waals surface area (Å²) in [4.78, 5) is 0.00518. The van der Waals surface area contributed by atoms with Crippen LogP contribution in [0.2, 0.25) is 0 Å². The molecule has 2 N–H and O–H groups in total. The molecular weight excluding hydrogens is 276 g/mol. The van der Waals surface area contributed by atoms with E-state index in [0.717, 1.165) is 0 Å². The molecular formula is C15H16O4S. The zero-order valence-electron chi connectivity index (χ0n) is 11.5. The maximum Gasteiger partial charge on any atom is 0.210 e. The predicted molar refractivity (Wildman–Crippen MR) is 75.9 cm³/mol. The van der Waals surface area contributed by atoms with E-state index >= 15 is 0 Å². The minimum atomic E-state index is -3.83. The predicted octanol–water partition coefficient (Wildman–Crippen LogP) is 2.86. The Labute approximate surface area is 118 Å². The second-order valence-corrected chi connectivity index (χ2v) is 6.69. The summed E-state index contributed by atoms with van der Waals surface area (Å²) in [5, 5.41) is 19.5. The van der Waals surface area contributed by atoms with Crippen molar-refractivity contribution in [3.05, 3.63) is 47.0 Å². The van der Waals surface area contributed by atoms with Crippen LogP contribution < -0.4 is 0 Å². The van der Waals surface area contributed by atoms with Crippen LogP contribution in [-0.4, -0.2) is 18.6 Å². The number of hydrogen-bond acceptors (Lipinski definition) is 4. The molecule has 106 valence electrons. The summed E-state index contributed by atoms with van der Waals surface area (Å²) in [6.45, 7) is 4.88. The highest BCUT2D eigenvalue weighted by atomic mass is 32.2. The first-order chi connectivity index (χ1) is 9.25. The van der Waals surface area contributed by atoms with E-state index in [9.17, 15) is 18.6 Å². The quantitative estimate of drug-likeness (QED) is 0.892. The molecule has 0 aliphatic heterocycles. The molecule has 0 amide bonds. The van der Waals surface area contributed by atoms with E-state index in [0.29, 0.717) is 16.7 Å². The van der Waals surface area contributed by atoms with Crippen molar-refractivity contribution in [2.24, 2.45) is 0 Å². The summed E-state index contributed by atoms with van der Waals surface area (Å²) in [6.07, 6.45) is 0. The van der Waals surface area contributed by atoms with Crippen molar-refractivity contribution < 1.29 is 18.6 Å². The molecule has 20 heavy (non-hydrogen) atoms. The van der Waals surface area contributed by atoms with Gasteiger partial charge in [-0.05, 0) is 55.7 Å². The number of aromatic hydroxyl groups is 2. The largest absolute Gasteiger partial charge is 0.508 e. The minimum absolute atomic E-state index is 0.0513. The number of sulfone groups is 1. The number of hydrogen-bond donors (Lipinski definition) is 2. The van der Waals surface area contributed by atoms with Gasteiger partial charge < -0.3 is 10.2 Å². The lowest BCUT2D eigenvalue weighted by molar-refractivity contribution is 0.457. The van der Waals surface area contributed by atoms with Gasteiger partial charge in [0.25, 0.3) is 0 Å². The van der Waals surface area contributed by atoms with Gasteiger partial charge in [0.2, 0.25) is 9.84 Å². The monoisotopic (exact) mass is 292 g/mol. The van der Waals surface area contributed by atoms with E-state index < -0.39 is 9.84 Å². The molecule has 0 saturated carbocycles. The number of benzene rings is 2. The Kier molecular flexibility index (Phi) is 3.48. The van der Waals surface area contributed by atoms with Gasteiger partial charge in [-0.25, -0.2) is 8.42 Å². The molecule has 0 spiro atoms. The highest BCUT2D eigenvalue weighted by Crippen LogP contribution is 2.34. The Morgan fingerprint density at radius 1 is 0.850 bits per heavy atom. The molecule has 5 heteroatoms. The van der Waals surface area contributed by atoms with Crippen molar-refractivity contribution in [3.8, 4) is 11.5 Å². The molecule has 0 aromatic heterocycles. The lowest BCUT2D eigenvalue weighted by Crippen LogP contribution is -2.07. The second kappa shape index (κ2) is 4.83. The van der Waals surface area contributed by atoms with Gasteiger partial charge in [-0.2, -0.15) is 0 Å². The van der Waals surface area contributed by atoms with Crippen molar-refractivity contribution in [2.45, 2.75) is 30.6 Å². The molecule has 0 fully saturated rings. The summed E-state index contributed by atoms with van der Waals surface area (Å²) < 4.78 is 25.4. The normalized spacial score (nSPS) is 11.6. The third-order valence-corrected chi connectivity index (χ3v) is 5.33. The minimum Gasteiger partial charge on any atom is -0.508 e. The van der Waals surface area contributed by atoms with Gasteiger partial charge in [0, 0.05) is 0 Å². The summed E-state index contributed by atoms with van der Waals surface area (Å²) >= 11 is 0. The summed E-state index contributed by atoms with van der Waals surface area (Å²) in [5.74, 6) is -0.217. The van der Waals surface area contributed by atoms with Gasteiger partial charge in [-0.1, -0.05) is 12.1 Å². The van der Waals surface area contributed by atoms with E-state index in [-0.39, 0.29) is 21.3 Å². The van der Waals surface area contributed by atoms with Crippen LogP contribution in [0.25, 0.3) is 0 Å². The highest BCUT2D eigenvalue weighted by molar-refractivity contribution is 7.91. The fourth-order valence-electron chi connectivity index (χ4n) is 2.16. The van der Waals surface area contributed by atoms with Gasteiger partial charge in [0.15, 0.2) is 0 Å². The first-order valence-corrected chi connectivity index (χ1v) is 7.57. The number of aryl methyl sites for hydroxylation is 3. The molecule has 0 atom stereocenters. The van der Waals surface area contributed by atoms with Crippen molar-refractivity contribution in [2.75, 3.05) is 0 Å². The standard InChI is InChI=1S/C15H16O4S/c1-9-5-4-6-12(16)15(9)20(18,19)14-8-10(2)13(17)7-11(14)3/h4-8,16-17H,1-3H3. The van der Waals surface area contributed by atoms with Crippen molar-refractivity contribution in [1.82, 2.24) is 0 Å². The van der Waals surface area contributed by atoms with Gasteiger partial charge >= 0.3 is 0 Å². The van der Waals surface area contributed by atoms with Crippen molar-refractivity contribution in [1.29, 1.82) is 0 Å². The van der Waals surface area contributed by atoms with Crippen LogP contribution in [-0.2, 0) is 9.84 Å². The van der Waals surface area contributed by atoms with Crippen LogP contribution in [0.1, 0.15) is 16.7 Å². The van der Waals surface area contributed by atoms with Crippen molar-refractivity contribution >= 4 is 9.84 Å².